The Balaban J connectivity index is 1.43. The largest absolute Gasteiger partial charge is 0.480 e. The Hall–Kier alpha value is -2.54. The molecule has 3 heterocycles. The zero-order valence-corrected chi connectivity index (χ0v) is 16.0. The van der Waals surface area contributed by atoms with E-state index < -0.39 is 16.8 Å². The molecule has 2 fully saturated rings. The first-order chi connectivity index (χ1) is 12.9. The van der Waals surface area contributed by atoms with Gasteiger partial charge >= 0.3 is 5.97 Å². The molecule has 2 N–H and O–H groups in total. The maximum atomic E-state index is 12.5. The molecule has 2 aliphatic heterocycles. The summed E-state index contributed by atoms with van der Waals surface area (Å²) in [7, 11) is 0. The Kier molecular flexibility index (Phi) is 4.34. The summed E-state index contributed by atoms with van der Waals surface area (Å²) in [6.07, 6.45) is 3.95. The van der Waals surface area contributed by atoms with Gasteiger partial charge in [0.1, 0.15) is 17.5 Å². The average molecular weight is 384 g/mol. The zero-order valence-electron chi connectivity index (χ0n) is 15.2. The van der Waals surface area contributed by atoms with Gasteiger partial charge in [-0.2, -0.15) is 0 Å². The van der Waals surface area contributed by atoms with Crippen molar-refractivity contribution in [2.24, 2.45) is 0 Å². The van der Waals surface area contributed by atoms with Crippen molar-refractivity contribution in [2.75, 3.05) is 5.32 Å². The highest BCUT2D eigenvalue weighted by Gasteiger charge is 2.63. The number of benzene rings is 1. The molecule has 2 saturated heterocycles. The number of thioether (sulfide) groups is 1. The van der Waals surface area contributed by atoms with E-state index in [1.165, 1.54) is 10.5 Å². The summed E-state index contributed by atoms with van der Waals surface area (Å²) in [5.74, 6) is -1.09. The molecule has 1 aromatic heterocycles. The maximum absolute atomic E-state index is 12.5. The molecule has 0 spiro atoms. The van der Waals surface area contributed by atoms with Crippen LogP contribution < -0.4 is 9.88 Å². The molecular formula is C20H22N3O3S+. The van der Waals surface area contributed by atoms with Crippen molar-refractivity contribution in [3.8, 4) is 0 Å². The van der Waals surface area contributed by atoms with E-state index in [-0.39, 0.29) is 17.3 Å². The van der Waals surface area contributed by atoms with Gasteiger partial charge in [0.05, 0.1) is 0 Å². The van der Waals surface area contributed by atoms with Crippen LogP contribution in [0.2, 0.25) is 0 Å². The van der Waals surface area contributed by atoms with Gasteiger partial charge in [0, 0.05) is 28.1 Å². The van der Waals surface area contributed by atoms with Crippen molar-refractivity contribution in [1.29, 1.82) is 0 Å². The number of carboxylic acids is 1. The van der Waals surface area contributed by atoms with Crippen LogP contribution in [0, 0.1) is 0 Å². The van der Waals surface area contributed by atoms with Crippen LogP contribution in [0.25, 0.3) is 0 Å². The molecular weight excluding hydrogens is 362 g/mol. The molecule has 2 unspecified atom stereocenters. The second-order valence-electron chi connectivity index (χ2n) is 7.46. The first kappa shape index (κ1) is 17.9. The quantitative estimate of drug-likeness (QED) is 0.609. The molecule has 4 rings (SSSR count). The third kappa shape index (κ3) is 3.16. The summed E-state index contributed by atoms with van der Waals surface area (Å²) in [4.78, 5) is 25.6. The molecule has 2 aliphatic rings. The van der Waals surface area contributed by atoms with Crippen LogP contribution >= 0.6 is 11.8 Å². The van der Waals surface area contributed by atoms with Crippen LogP contribution in [-0.4, -0.2) is 44.1 Å². The predicted octanol–water partition coefficient (Wildman–Crippen LogP) is 1.95. The van der Waals surface area contributed by atoms with E-state index in [1.807, 2.05) is 56.6 Å². The zero-order chi connectivity index (χ0) is 19.2. The Morgan fingerprint density at radius 1 is 1.22 bits per heavy atom. The van der Waals surface area contributed by atoms with Crippen LogP contribution in [0.5, 0.6) is 0 Å². The Morgan fingerprint density at radius 2 is 1.89 bits per heavy atom. The van der Waals surface area contributed by atoms with Gasteiger partial charge in [-0.1, -0.05) is 30.3 Å². The molecule has 3 atom stereocenters. The Labute approximate surface area is 162 Å². The minimum Gasteiger partial charge on any atom is -0.480 e. The lowest BCUT2D eigenvalue weighted by molar-refractivity contribution is -0.688. The standard InChI is InChI=1S/C20H21N3O3S/c1-20(2)16(19(25)26)23-17(24)15(18(23)27-20)21-14-8-10-22(11-9-14)12-13-6-4-3-5-7-13/h3-11,15-16,18H,12H2,1-2H3,(H,25,26)/p+1/t15?,16-,18?/m0/s1. The molecule has 27 heavy (non-hydrogen) atoms. The monoisotopic (exact) mass is 384 g/mol. The highest BCUT2D eigenvalue weighted by Crippen LogP contribution is 2.51. The summed E-state index contributed by atoms with van der Waals surface area (Å²) >= 11 is 1.55. The number of aromatic nitrogens is 1. The fourth-order valence-electron chi connectivity index (χ4n) is 3.78. The number of carbonyl (C=O) groups is 2. The number of β-lactam (4-membered cyclic amide) rings is 1. The summed E-state index contributed by atoms with van der Waals surface area (Å²) in [6.45, 7) is 4.55. The van der Waals surface area contributed by atoms with Gasteiger partial charge in [-0.3, -0.25) is 4.79 Å². The normalized spacial score (nSPS) is 25.6. The lowest BCUT2D eigenvalue weighted by atomic mass is 9.96. The number of nitrogens with one attached hydrogen (secondary N) is 1. The van der Waals surface area contributed by atoms with Crippen molar-refractivity contribution < 1.29 is 19.3 Å². The van der Waals surface area contributed by atoms with Gasteiger partial charge in [-0.05, 0) is 13.8 Å². The molecule has 6 nitrogen and oxygen atoms in total. The summed E-state index contributed by atoms with van der Waals surface area (Å²) in [6, 6.07) is 12.9. The van der Waals surface area contributed by atoms with E-state index >= 15 is 0 Å². The van der Waals surface area contributed by atoms with E-state index in [1.54, 1.807) is 11.8 Å². The number of rotatable bonds is 5. The lowest BCUT2D eigenvalue weighted by Gasteiger charge is -2.44. The van der Waals surface area contributed by atoms with Gasteiger partial charge in [0.15, 0.2) is 18.9 Å². The van der Waals surface area contributed by atoms with E-state index in [4.69, 9.17) is 0 Å². The van der Waals surface area contributed by atoms with E-state index in [9.17, 15) is 14.7 Å². The highest BCUT2D eigenvalue weighted by atomic mass is 32.2. The Bertz CT molecular complexity index is 870. The molecule has 7 heteroatoms. The fourth-order valence-corrected chi connectivity index (χ4v) is 5.40. The summed E-state index contributed by atoms with van der Waals surface area (Å²) < 4.78 is 1.57. The SMILES string of the molecule is CC1(C)SC2C(Nc3cc[n+](Cc4ccccc4)cc3)C(=O)N2[C@H]1C(=O)O. The lowest BCUT2D eigenvalue weighted by Crippen LogP contribution is -2.68. The highest BCUT2D eigenvalue weighted by molar-refractivity contribution is 8.01. The molecule has 1 aromatic carbocycles. The topological polar surface area (TPSA) is 73.5 Å². The maximum Gasteiger partial charge on any atom is 0.327 e. The van der Waals surface area contributed by atoms with Crippen molar-refractivity contribution in [3.63, 3.8) is 0 Å². The van der Waals surface area contributed by atoms with E-state index in [2.05, 4.69) is 22.0 Å². The first-order valence-corrected chi connectivity index (χ1v) is 9.77. The van der Waals surface area contributed by atoms with Crippen LogP contribution in [0.4, 0.5) is 5.69 Å². The van der Waals surface area contributed by atoms with Crippen LogP contribution in [0.3, 0.4) is 0 Å². The number of anilines is 1. The summed E-state index contributed by atoms with van der Waals surface area (Å²) in [5, 5.41) is 12.6. The number of carbonyl (C=O) groups excluding carboxylic acids is 1. The van der Waals surface area contributed by atoms with Crippen molar-refractivity contribution in [2.45, 2.75) is 42.6 Å². The van der Waals surface area contributed by atoms with Crippen molar-refractivity contribution >= 4 is 29.3 Å². The van der Waals surface area contributed by atoms with Crippen molar-refractivity contribution in [3.05, 3.63) is 60.4 Å². The minimum absolute atomic E-state index is 0.147. The van der Waals surface area contributed by atoms with Gasteiger partial charge in [-0.25, -0.2) is 9.36 Å². The van der Waals surface area contributed by atoms with Gasteiger partial charge < -0.3 is 15.3 Å². The third-order valence-electron chi connectivity index (χ3n) is 5.10. The number of carboxylic acid groups (broad SMARTS) is 1. The molecule has 0 saturated carbocycles. The van der Waals surface area contributed by atoms with Crippen LogP contribution in [0.1, 0.15) is 19.4 Å². The Morgan fingerprint density at radius 3 is 2.52 bits per heavy atom. The third-order valence-corrected chi connectivity index (χ3v) is 6.67. The van der Waals surface area contributed by atoms with Gasteiger partial charge in [0.25, 0.3) is 0 Å². The van der Waals surface area contributed by atoms with Gasteiger partial charge in [-0.15, -0.1) is 11.8 Å². The first-order valence-electron chi connectivity index (χ1n) is 8.89. The fraction of sp³-hybridized carbons (Fsp3) is 0.350. The van der Waals surface area contributed by atoms with Crippen LogP contribution in [-0.2, 0) is 16.1 Å². The number of aliphatic carboxylic acids is 1. The van der Waals surface area contributed by atoms with Crippen LogP contribution in [0.15, 0.2) is 54.9 Å². The second kappa shape index (κ2) is 6.56. The average Bonchev–Trinajstić information content (AvgIpc) is 2.90. The number of hydrogen-bond acceptors (Lipinski definition) is 4. The number of nitrogens with zero attached hydrogens (tertiary/aromatic N) is 2. The molecule has 0 bridgehead atoms. The molecule has 140 valence electrons. The van der Waals surface area contributed by atoms with E-state index in [0.29, 0.717) is 0 Å². The summed E-state index contributed by atoms with van der Waals surface area (Å²) in [5.41, 5.74) is 2.08. The molecule has 0 aliphatic carbocycles. The predicted molar refractivity (Wildman–Crippen MR) is 103 cm³/mol. The minimum atomic E-state index is -0.941. The van der Waals surface area contributed by atoms with E-state index in [0.717, 1.165) is 12.2 Å². The number of hydrogen-bond donors (Lipinski definition) is 2. The number of amides is 1. The number of pyridine rings is 1. The molecule has 1 amide bonds. The van der Waals surface area contributed by atoms with Gasteiger partial charge in [0.2, 0.25) is 5.91 Å². The second-order valence-corrected chi connectivity index (χ2v) is 9.24. The number of fused-ring (bicyclic) bond motifs is 1. The molecule has 0 radical (unpaired) electrons. The smallest absolute Gasteiger partial charge is 0.327 e. The van der Waals surface area contributed by atoms with Crippen molar-refractivity contribution in [1.82, 2.24) is 4.90 Å². The molecule has 2 aromatic rings.